The molecule has 3 heterocycles. The van der Waals surface area contributed by atoms with E-state index in [-0.39, 0.29) is 11.8 Å². The molecule has 0 atom stereocenters. The molecule has 5 rings (SSSR count). The third-order valence-corrected chi connectivity index (χ3v) is 5.84. The Balaban J connectivity index is 1.44. The second-order valence-corrected chi connectivity index (χ2v) is 7.75. The molecule has 32 heavy (non-hydrogen) atoms. The zero-order chi connectivity index (χ0) is 22.2. The zero-order valence-corrected chi connectivity index (χ0v) is 17.8. The molecule has 4 aromatic rings. The van der Waals surface area contributed by atoms with Gasteiger partial charge in [-0.25, -0.2) is 9.78 Å². The van der Waals surface area contributed by atoms with Crippen LogP contribution >= 0.6 is 0 Å². The van der Waals surface area contributed by atoms with Crippen molar-refractivity contribution in [3.05, 3.63) is 59.9 Å². The van der Waals surface area contributed by atoms with Gasteiger partial charge in [-0.1, -0.05) is 25.1 Å². The number of methoxy groups -OCH3 is 1. The molecule has 1 aliphatic heterocycles. The fraction of sp³-hybridized carbons (Fsp3) is 0.208. The summed E-state index contributed by atoms with van der Waals surface area (Å²) >= 11 is 0. The maximum absolute atomic E-state index is 11.7. The van der Waals surface area contributed by atoms with Crippen LogP contribution in [0.1, 0.15) is 18.2 Å². The lowest BCUT2D eigenvalue weighted by Crippen LogP contribution is -2.28. The molecule has 8 nitrogen and oxygen atoms in total. The summed E-state index contributed by atoms with van der Waals surface area (Å²) in [6, 6.07) is 11.6. The number of imidazole rings is 1. The lowest BCUT2D eigenvalue weighted by molar-refractivity contribution is 0.135. The molecular weight excluding hydrogens is 406 g/mol. The Bertz CT molecular complexity index is 1350. The zero-order valence-electron chi connectivity index (χ0n) is 17.8. The van der Waals surface area contributed by atoms with Gasteiger partial charge in [0.15, 0.2) is 5.82 Å². The van der Waals surface area contributed by atoms with Crippen molar-refractivity contribution in [3.8, 4) is 28.4 Å². The van der Waals surface area contributed by atoms with Crippen molar-refractivity contribution in [2.75, 3.05) is 20.2 Å². The number of phenolic OH excluding ortho intramolecular Hbond substituents is 1. The fourth-order valence-corrected chi connectivity index (χ4v) is 4.15. The minimum absolute atomic E-state index is 0.274. The third kappa shape index (κ3) is 3.39. The highest BCUT2D eigenvalue weighted by molar-refractivity contribution is 5.94. The smallest absolute Gasteiger partial charge is 0.410 e. The van der Waals surface area contributed by atoms with Crippen molar-refractivity contribution < 1.29 is 14.6 Å². The molecule has 1 aliphatic rings. The first-order valence-corrected chi connectivity index (χ1v) is 10.5. The van der Waals surface area contributed by atoms with Gasteiger partial charge >= 0.3 is 6.09 Å². The van der Waals surface area contributed by atoms with E-state index in [4.69, 9.17) is 4.74 Å². The quantitative estimate of drug-likeness (QED) is 0.447. The lowest BCUT2D eigenvalue weighted by Gasteiger charge is -2.13. The summed E-state index contributed by atoms with van der Waals surface area (Å²) in [5.74, 6) is 0.937. The van der Waals surface area contributed by atoms with Gasteiger partial charge in [-0.3, -0.25) is 5.10 Å². The summed E-state index contributed by atoms with van der Waals surface area (Å²) < 4.78 is 4.79. The van der Waals surface area contributed by atoms with Crippen molar-refractivity contribution >= 4 is 22.6 Å². The predicted octanol–water partition coefficient (Wildman–Crippen LogP) is 4.35. The molecule has 1 amide bonds. The number of hydrogen-bond donors (Lipinski definition) is 3. The van der Waals surface area contributed by atoms with Crippen LogP contribution in [0.25, 0.3) is 39.1 Å². The molecule has 0 spiro atoms. The second kappa shape index (κ2) is 7.88. The van der Waals surface area contributed by atoms with E-state index in [2.05, 4.69) is 39.2 Å². The number of fused-ring (bicyclic) bond motifs is 1. The predicted molar refractivity (Wildman–Crippen MR) is 122 cm³/mol. The molecule has 0 aliphatic carbocycles. The third-order valence-electron chi connectivity index (χ3n) is 5.84. The van der Waals surface area contributed by atoms with Gasteiger partial charge in [0.05, 0.1) is 31.1 Å². The molecule has 0 bridgehead atoms. The van der Waals surface area contributed by atoms with Crippen LogP contribution in [0.15, 0.2) is 48.7 Å². The van der Waals surface area contributed by atoms with Crippen LogP contribution in [0, 0.1) is 0 Å². The van der Waals surface area contributed by atoms with E-state index in [1.165, 1.54) is 7.11 Å². The summed E-state index contributed by atoms with van der Waals surface area (Å²) in [6.45, 7) is 3.07. The first kappa shape index (κ1) is 19.9. The maximum atomic E-state index is 11.7. The van der Waals surface area contributed by atoms with Crippen molar-refractivity contribution in [1.82, 2.24) is 25.1 Å². The Morgan fingerprint density at radius 1 is 1.25 bits per heavy atom. The van der Waals surface area contributed by atoms with E-state index < -0.39 is 0 Å². The Labute approximate surface area is 184 Å². The Kier molecular flexibility index (Phi) is 4.89. The molecule has 0 radical (unpaired) electrons. The Hall–Kier alpha value is -4.07. The summed E-state index contributed by atoms with van der Waals surface area (Å²) in [6.07, 6.45) is 4.24. The minimum Gasteiger partial charge on any atom is -0.508 e. The Morgan fingerprint density at radius 3 is 2.94 bits per heavy atom. The summed E-state index contributed by atoms with van der Waals surface area (Å²) in [7, 11) is 1.38. The SMILES string of the molecule is CCc1cc(O)ccc1-c1ccc2c(-c3ncc(C4=CCN(C(=O)OC)C4)[nH]3)n[nH]c2c1. The normalized spacial score (nSPS) is 13.6. The molecule has 0 fully saturated rings. The number of aryl methyl sites for hydroxylation is 1. The number of phenols is 1. The molecule has 0 saturated heterocycles. The van der Waals surface area contributed by atoms with E-state index in [0.29, 0.717) is 18.9 Å². The number of aromatic hydroxyl groups is 1. The highest BCUT2D eigenvalue weighted by Gasteiger charge is 2.22. The molecule has 2 aromatic carbocycles. The van der Waals surface area contributed by atoms with Gasteiger partial charge in [0, 0.05) is 11.9 Å². The van der Waals surface area contributed by atoms with Crippen molar-refractivity contribution in [1.29, 1.82) is 0 Å². The fourth-order valence-electron chi connectivity index (χ4n) is 4.15. The number of ether oxygens (including phenoxy) is 1. The van der Waals surface area contributed by atoms with Crippen molar-refractivity contribution in [2.24, 2.45) is 0 Å². The van der Waals surface area contributed by atoms with Gasteiger partial charge in [0.25, 0.3) is 0 Å². The van der Waals surface area contributed by atoms with Crippen molar-refractivity contribution in [3.63, 3.8) is 0 Å². The number of aromatic nitrogens is 4. The van der Waals surface area contributed by atoms with Gasteiger partial charge in [-0.2, -0.15) is 5.10 Å². The first-order valence-electron chi connectivity index (χ1n) is 10.5. The van der Waals surface area contributed by atoms with Crippen LogP contribution in [0.4, 0.5) is 4.79 Å². The number of rotatable bonds is 4. The van der Waals surface area contributed by atoms with Gasteiger partial charge in [0.2, 0.25) is 0 Å². The van der Waals surface area contributed by atoms with E-state index in [1.807, 2.05) is 18.2 Å². The van der Waals surface area contributed by atoms with E-state index in [0.717, 1.165) is 51.0 Å². The number of amides is 1. The Morgan fingerprint density at radius 2 is 2.12 bits per heavy atom. The number of carbonyl (C=O) groups excluding carboxylic acids is 1. The maximum Gasteiger partial charge on any atom is 0.410 e. The number of benzene rings is 2. The van der Waals surface area contributed by atoms with E-state index >= 15 is 0 Å². The molecule has 162 valence electrons. The van der Waals surface area contributed by atoms with E-state index in [9.17, 15) is 9.90 Å². The molecule has 2 aromatic heterocycles. The number of hydrogen-bond acceptors (Lipinski definition) is 5. The van der Waals surface area contributed by atoms with Crippen LogP contribution in [-0.2, 0) is 11.2 Å². The summed E-state index contributed by atoms with van der Waals surface area (Å²) in [5.41, 5.74) is 6.73. The summed E-state index contributed by atoms with van der Waals surface area (Å²) in [4.78, 5) is 21.2. The highest BCUT2D eigenvalue weighted by Crippen LogP contribution is 2.32. The monoisotopic (exact) mass is 429 g/mol. The molecular formula is C24H23N5O3. The lowest BCUT2D eigenvalue weighted by atomic mass is 9.97. The second-order valence-electron chi connectivity index (χ2n) is 7.75. The largest absolute Gasteiger partial charge is 0.508 e. The van der Waals surface area contributed by atoms with Gasteiger partial charge in [-0.15, -0.1) is 0 Å². The molecule has 3 N–H and O–H groups in total. The van der Waals surface area contributed by atoms with Gasteiger partial charge in [0.1, 0.15) is 11.4 Å². The number of aromatic amines is 2. The van der Waals surface area contributed by atoms with Crippen LogP contribution in [0.2, 0.25) is 0 Å². The number of nitrogens with one attached hydrogen (secondary N) is 2. The number of carbonyl (C=O) groups is 1. The van der Waals surface area contributed by atoms with Crippen LogP contribution in [0.5, 0.6) is 5.75 Å². The summed E-state index contributed by atoms with van der Waals surface area (Å²) in [5, 5.41) is 18.4. The topological polar surface area (TPSA) is 107 Å². The standard InChI is InChI=1S/C24H23N5O3/c1-3-14-10-17(30)5-7-18(14)15-4-6-19-20(11-15)27-28-22(19)23-25-12-21(26-23)16-8-9-29(13-16)24(31)32-2/h4-8,10-12,30H,3,9,13H2,1-2H3,(H,25,26)(H,27,28). The van der Waals surface area contributed by atoms with E-state index in [1.54, 1.807) is 23.2 Å². The average Bonchev–Trinajstić information content (AvgIpc) is 3.56. The first-order chi connectivity index (χ1) is 15.6. The van der Waals surface area contributed by atoms with Crippen molar-refractivity contribution in [2.45, 2.75) is 13.3 Å². The van der Waals surface area contributed by atoms with Gasteiger partial charge in [-0.05, 0) is 52.9 Å². The number of nitrogens with zero attached hydrogens (tertiary/aromatic N) is 3. The van der Waals surface area contributed by atoms with Crippen LogP contribution in [0.3, 0.4) is 0 Å². The molecule has 8 heteroatoms. The average molecular weight is 429 g/mol. The van der Waals surface area contributed by atoms with Crippen LogP contribution in [-0.4, -0.2) is 56.5 Å². The highest BCUT2D eigenvalue weighted by atomic mass is 16.5. The number of H-pyrrole nitrogens is 2. The van der Waals surface area contributed by atoms with Gasteiger partial charge < -0.3 is 19.7 Å². The molecule has 0 unspecified atom stereocenters. The van der Waals surface area contributed by atoms with Crippen LogP contribution < -0.4 is 0 Å². The minimum atomic E-state index is -0.343. The molecule has 0 saturated carbocycles.